The van der Waals surface area contributed by atoms with Gasteiger partial charge in [-0.05, 0) is 19.9 Å². The zero-order valence-corrected chi connectivity index (χ0v) is 19.2. The van der Waals surface area contributed by atoms with E-state index in [9.17, 15) is 13.2 Å². The summed E-state index contributed by atoms with van der Waals surface area (Å²) in [5.41, 5.74) is 1.00. The Bertz CT molecular complexity index is 1240. The average molecular weight is 473 g/mol. The summed E-state index contributed by atoms with van der Waals surface area (Å²) in [5.74, 6) is 1.30. The van der Waals surface area contributed by atoms with Gasteiger partial charge < -0.3 is 25.0 Å². The van der Waals surface area contributed by atoms with Crippen LogP contribution in [0.3, 0.4) is 0 Å². The molecule has 180 valence electrons. The first-order chi connectivity index (χ1) is 16.3. The number of fused-ring (bicyclic) bond motifs is 3. The van der Waals surface area contributed by atoms with Gasteiger partial charge in [0.05, 0.1) is 18.2 Å². The largest absolute Gasteiger partial charge is 0.486 e. The van der Waals surface area contributed by atoms with Crippen LogP contribution in [0, 0.1) is 12.7 Å². The molecule has 0 spiro atoms. The van der Waals surface area contributed by atoms with E-state index in [1.807, 2.05) is 13.1 Å². The van der Waals surface area contributed by atoms with Crippen molar-refractivity contribution in [2.75, 3.05) is 43.5 Å². The van der Waals surface area contributed by atoms with Crippen molar-refractivity contribution in [3.8, 4) is 11.5 Å². The molecule has 0 saturated carbocycles. The average Bonchev–Trinajstić information content (AvgIpc) is 2.76. The van der Waals surface area contributed by atoms with Crippen LogP contribution in [0.4, 0.5) is 24.7 Å². The summed E-state index contributed by atoms with van der Waals surface area (Å²) < 4.78 is 53.4. The van der Waals surface area contributed by atoms with Gasteiger partial charge in [-0.1, -0.05) is 18.2 Å². The molecule has 5 rings (SSSR count). The molecule has 0 amide bonds. The van der Waals surface area contributed by atoms with E-state index in [0.29, 0.717) is 47.2 Å². The Morgan fingerprint density at radius 2 is 2.00 bits per heavy atom. The Kier molecular flexibility index (Phi) is 5.85. The lowest BCUT2D eigenvalue weighted by molar-refractivity contribution is 0.135. The number of nitrogens with zero attached hydrogens (tertiary/aromatic N) is 3. The van der Waals surface area contributed by atoms with Gasteiger partial charge in [0.25, 0.3) is 6.43 Å². The Hall–Kier alpha value is -3.27. The second-order valence-corrected chi connectivity index (χ2v) is 8.65. The first-order valence-corrected chi connectivity index (χ1v) is 11.2. The molecule has 1 saturated heterocycles. The Labute approximate surface area is 195 Å². The number of hydrogen-bond donors (Lipinski definition) is 2. The van der Waals surface area contributed by atoms with Gasteiger partial charge in [-0.25, -0.2) is 23.1 Å². The first-order valence-electron chi connectivity index (χ1n) is 11.2. The van der Waals surface area contributed by atoms with Crippen LogP contribution >= 0.6 is 0 Å². The third kappa shape index (κ3) is 3.96. The number of nitrogens with one attached hydrogen (secondary N) is 2. The van der Waals surface area contributed by atoms with Crippen molar-refractivity contribution < 1.29 is 22.6 Å². The van der Waals surface area contributed by atoms with Crippen LogP contribution in [0.15, 0.2) is 24.3 Å². The van der Waals surface area contributed by atoms with Gasteiger partial charge in [0, 0.05) is 31.1 Å². The highest BCUT2D eigenvalue weighted by Gasteiger charge is 2.29. The molecule has 0 unspecified atom stereocenters. The minimum atomic E-state index is -2.89. The number of benzene rings is 2. The zero-order valence-electron chi connectivity index (χ0n) is 19.2. The molecule has 3 heterocycles. The molecule has 1 aromatic heterocycles. The predicted molar refractivity (Wildman–Crippen MR) is 124 cm³/mol. The molecule has 0 radical (unpaired) electrons. The third-order valence-corrected chi connectivity index (χ3v) is 6.20. The molecule has 1 fully saturated rings. The first kappa shape index (κ1) is 22.5. The molecule has 2 aliphatic heterocycles. The fourth-order valence-electron chi connectivity index (χ4n) is 4.29. The molecule has 2 aliphatic rings. The van der Waals surface area contributed by atoms with E-state index >= 15 is 0 Å². The smallest absolute Gasteiger partial charge is 0.266 e. The van der Waals surface area contributed by atoms with Crippen molar-refractivity contribution in [2.24, 2.45) is 0 Å². The number of aryl methyl sites for hydroxylation is 1. The minimum absolute atomic E-state index is 0.0327. The van der Waals surface area contributed by atoms with Crippen molar-refractivity contribution >= 4 is 22.4 Å². The van der Waals surface area contributed by atoms with Gasteiger partial charge in [0.1, 0.15) is 41.4 Å². The van der Waals surface area contributed by atoms with Crippen LogP contribution in [-0.4, -0.2) is 49.4 Å². The molecule has 0 aliphatic carbocycles. The normalized spacial score (nSPS) is 16.7. The van der Waals surface area contributed by atoms with Gasteiger partial charge in [0.2, 0.25) is 0 Å². The number of aromatic nitrogens is 2. The van der Waals surface area contributed by atoms with Crippen LogP contribution in [0.2, 0.25) is 0 Å². The number of hydrogen-bond acceptors (Lipinski definition) is 7. The van der Waals surface area contributed by atoms with Crippen molar-refractivity contribution in [2.45, 2.75) is 32.4 Å². The maximum absolute atomic E-state index is 14.8. The van der Waals surface area contributed by atoms with Gasteiger partial charge in [-0.2, -0.15) is 0 Å². The third-order valence-electron chi connectivity index (χ3n) is 6.20. The summed E-state index contributed by atoms with van der Waals surface area (Å²) in [6.45, 7) is 6.18. The second-order valence-electron chi connectivity index (χ2n) is 8.65. The quantitative estimate of drug-likeness (QED) is 0.551. The molecular formula is C24H26F3N5O2. The van der Waals surface area contributed by atoms with E-state index in [-0.39, 0.29) is 11.7 Å². The summed E-state index contributed by atoms with van der Waals surface area (Å²) in [4.78, 5) is 11.3. The summed E-state index contributed by atoms with van der Waals surface area (Å²) in [7, 11) is 1.97. The van der Waals surface area contributed by atoms with Gasteiger partial charge in [-0.15, -0.1) is 0 Å². The van der Waals surface area contributed by atoms with E-state index in [1.165, 1.54) is 12.1 Å². The molecule has 34 heavy (non-hydrogen) atoms. The van der Waals surface area contributed by atoms with E-state index < -0.39 is 23.8 Å². The molecule has 0 bridgehead atoms. The highest BCUT2D eigenvalue weighted by molar-refractivity contribution is 6.02. The molecule has 2 N–H and O–H groups in total. The number of ether oxygens (including phenoxy) is 2. The Morgan fingerprint density at radius 3 is 2.71 bits per heavy atom. The molecule has 3 aromatic rings. The summed E-state index contributed by atoms with van der Waals surface area (Å²) in [6, 6.07) is 5.24. The summed E-state index contributed by atoms with van der Waals surface area (Å²) in [6.07, 6.45) is -2.86. The van der Waals surface area contributed by atoms with Crippen molar-refractivity contribution in [3.63, 3.8) is 0 Å². The highest BCUT2D eigenvalue weighted by atomic mass is 19.3. The van der Waals surface area contributed by atoms with Crippen LogP contribution < -0.4 is 25.0 Å². The number of rotatable bonds is 6. The van der Waals surface area contributed by atoms with Crippen LogP contribution in [0.1, 0.15) is 36.3 Å². The Balaban J connectivity index is 1.61. The van der Waals surface area contributed by atoms with E-state index in [4.69, 9.17) is 9.47 Å². The predicted octanol–water partition coefficient (Wildman–Crippen LogP) is 4.37. The highest BCUT2D eigenvalue weighted by Crippen LogP contribution is 2.46. The fourth-order valence-corrected chi connectivity index (χ4v) is 4.29. The second kappa shape index (κ2) is 8.83. The summed E-state index contributed by atoms with van der Waals surface area (Å²) in [5, 5.41) is 7.08. The number of halogens is 3. The van der Waals surface area contributed by atoms with E-state index in [0.717, 1.165) is 24.8 Å². The minimum Gasteiger partial charge on any atom is -0.486 e. The zero-order chi connectivity index (χ0) is 24.0. The summed E-state index contributed by atoms with van der Waals surface area (Å²) >= 11 is 0. The Morgan fingerprint density at radius 1 is 1.24 bits per heavy atom. The van der Waals surface area contributed by atoms with Gasteiger partial charge >= 0.3 is 0 Å². The lowest BCUT2D eigenvalue weighted by atomic mass is 10.0. The molecule has 1 atom stereocenters. The van der Waals surface area contributed by atoms with Crippen molar-refractivity contribution in [1.29, 1.82) is 0 Å². The van der Waals surface area contributed by atoms with Gasteiger partial charge in [-0.3, -0.25) is 0 Å². The maximum atomic E-state index is 14.8. The molecule has 7 nitrogen and oxygen atoms in total. The molecule has 2 aromatic carbocycles. The fraction of sp³-hybridized carbons (Fsp3) is 0.417. The van der Waals surface area contributed by atoms with Crippen LogP contribution in [0.5, 0.6) is 11.5 Å². The number of anilines is 2. The van der Waals surface area contributed by atoms with Crippen molar-refractivity contribution in [3.05, 3.63) is 47.0 Å². The lowest BCUT2D eigenvalue weighted by Crippen LogP contribution is -2.50. The topological polar surface area (TPSA) is 71.5 Å². The molecule has 10 heteroatoms. The molecular weight excluding hydrogens is 447 g/mol. The monoisotopic (exact) mass is 473 g/mol. The number of likely N-dealkylation sites (N-methyl/N-ethyl adjacent to an activating group) is 1. The number of alkyl halides is 2. The van der Waals surface area contributed by atoms with Crippen LogP contribution in [0.25, 0.3) is 10.9 Å². The standard InChI is InChI=1S/C24H26F3N5O2/c1-12(15-5-4-6-16(19(15)25)23(26)27)29-24-17-9-18(34-14-10-28-11-14)22-21(32(3)7-8-33-22)20(17)30-13(2)31-24/h4-6,9,12,14,23,28H,7-8,10-11H2,1-3H3,(H,29,30,31)/t12-/m1/s1. The van der Waals surface area contributed by atoms with E-state index in [1.54, 1.807) is 13.8 Å². The van der Waals surface area contributed by atoms with Crippen molar-refractivity contribution in [1.82, 2.24) is 15.3 Å². The SMILES string of the molecule is Cc1nc(N[C@H](C)c2cccc(C(F)F)c2F)c2cc(OC3CNC3)c3c(c2n1)N(C)CCO3. The van der Waals surface area contributed by atoms with Gasteiger partial charge in [0.15, 0.2) is 11.5 Å². The van der Waals surface area contributed by atoms with E-state index in [2.05, 4.69) is 25.5 Å². The maximum Gasteiger partial charge on any atom is 0.266 e. The van der Waals surface area contributed by atoms with Crippen LogP contribution in [-0.2, 0) is 0 Å². The lowest BCUT2D eigenvalue weighted by Gasteiger charge is -2.33.